The van der Waals surface area contributed by atoms with Gasteiger partial charge in [-0.3, -0.25) is 0 Å². The Bertz CT molecular complexity index is 440. The molecule has 1 aliphatic rings. The number of piperidine rings is 1. The molecule has 0 saturated carbocycles. The van der Waals surface area contributed by atoms with Crippen molar-refractivity contribution in [3.8, 4) is 0 Å². The van der Waals surface area contributed by atoms with Crippen LogP contribution in [0.3, 0.4) is 0 Å². The molecule has 110 valence electrons. The maximum absolute atomic E-state index is 11.9. The van der Waals surface area contributed by atoms with Crippen molar-refractivity contribution in [2.24, 2.45) is 0 Å². The molecule has 0 aromatic heterocycles. The van der Waals surface area contributed by atoms with E-state index in [0.717, 1.165) is 19.4 Å². The molecule has 1 aromatic carbocycles. The topological polar surface area (TPSA) is 50.4 Å². The monoisotopic (exact) mass is 276 g/mol. The van der Waals surface area contributed by atoms with Crippen LogP contribution in [0.5, 0.6) is 0 Å². The SMILES string of the molecule is CC(C)(C)OC(=O)N[C@@H]1CCCN[C@H]1c1ccccc1. The van der Waals surface area contributed by atoms with E-state index in [2.05, 4.69) is 22.8 Å². The third-order valence-electron chi connectivity index (χ3n) is 3.32. The van der Waals surface area contributed by atoms with E-state index >= 15 is 0 Å². The lowest BCUT2D eigenvalue weighted by atomic mass is 9.92. The number of amides is 1. The molecule has 4 nitrogen and oxygen atoms in total. The molecule has 4 heteroatoms. The van der Waals surface area contributed by atoms with E-state index in [4.69, 9.17) is 4.74 Å². The second-order valence-electron chi connectivity index (χ2n) is 6.24. The van der Waals surface area contributed by atoms with Crippen molar-refractivity contribution in [2.45, 2.75) is 51.3 Å². The van der Waals surface area contributed by atoms with E-state index in [1.807, 2.05) is 39.0 Å². The lowest BCUT2D eigenvalue weighted by Crippen LogP contribution is -2.49. The Morgan fingerprint density at radius 2 is 2.00 bits per heavy atom. The maximum atomic E-state index is 11.9. The van der Waals surface area contributed by atoms with Gasteiger partial charge >= 0.3 is 6.09 Å². The first-order valence-corrected chi connectivity index (χ1v) is 7.23. The van der Waals surface area contributed by atoms with Crippen molar-refractivity contribution in [2.75, 3.05) is 6.54 Å². The summed E-state index contributed by atoms with van der Waals surface area (Å²) in [6.45, 7) is 6.60. The minimum Gasteiger partial charge on any atom is -0.444 e. The average Bonchev–Trinajstić information content (AvgIpc) is 2.38. The van der Waals surface area contributed by atoms with Crippen molar-refractivity contribution in [1.82, 2.24) is 10.6 Å². The summed E-state index contributed by atoms with van der Waals surface area (Å²) >= 11 is 0. The van der Waals surface area contributed by atoms with Gasteiger partial charge in [-0.2, -0.15) is 0 Å². The van der Waals surface area contributed by atoms with Gasteiger partial charge in [0.2, 0.25) is 0 Å². The maximum Gasteiger partial charge on any atom is 0.407 e. The standard InChI is InChI=1S/C16H24N2O2/c1-16(2,3)20-15(19)18-13-10-7-11-17-14(13)12-8-5-4-6-9-12/h4-6,8-9,13-14,17H,7,10-11H2,1-3H3,(H,18,19)/t13-,14+/m1/s1. The van der Waals surface area contributed by atoms with Crippen LogP contribution < -0.4 is 10.6 Å². The molecule has 1 saturated heterocycles. The summed E-state index contributed by atoms with van der Waals surface area (Å²) in [6, 6.07) is 10.5. The molecule has 0 radical (unpaired) electrons. The number of nitrogens with one attached hydrogen (secondary N) is 2. The molecule has 2 atom stereocenters. The second-order valence-corrected chi connectivity index (χ2v) is 6.24. The quantitative estimate of drug-likeness (QED) is 0.873. The first-order valence-electron chi connectivity index (χ1n) is 7.23. The summed E-state index contributed by atoms with van der Waals surface area (Å²) in [5.74, 6) is 0. The highest BCUT2D eigenvalue weighted by atomic mass is 16.6. The van der Waals surface area contributed by atoms with Crippen LogP contribution in [0.15, 0.2) is 30.3 Å². The van der Waals surface area contributed by atoms with Crippen molar-refractivity contribution in [3.63, 3.8) is 0 Å². The number of hydrogen-bond donors (Lipinski definition) is 2. The number of rotatable bonds is 2. The molecule has 2 N–H and O–H groups in total. The predicted octanol–water partition coefficient (Wildman–Crippen LogP) is 3.00. The molecule has 0 spiro atoms. The van der Waals surface area contributed by atoms with Crippen molar-refractivity contribution < 1.29 is 9.53 Å². The molecule has 0 unspecified atom stereocenters. The van der Waals surface area contributed by atoms with E-state index in [9.17, 15) is 4.79 Å². The summed E-state index contributed by atoms with van der Waals surface area (Å²) in [4.78, 5) is 11.9. The number of carbonyl (C=O) groups is 1. The molecule has 1 fully saturated rings. The van der Waals surface area contributed by atoms with Crippen LogP contribution in [-0.2, 0) is 4.74 Å². The van der Waals surface area contributed by atoms with Crippen molar-refractivity contribution in [3.05, 3.63) is 35.9 Å². The highest BCUT2D eigenvalue weighted by Crippen LogP contribution is 2.23. The van der Waals surface area contributed by atoms with Gasteiger partial charge in [0.05, 0.1) is 12.1 Å². The van der Waals surface area contributed by atoms with E-state index in [0.29, 0.717) is 0 Å². The zero-order valence-corrected chi connectivity index (χ0v) is 12.5. The summed E-state index contributed by atoms with van der Waals surface area (Å²) in [7, 11) is 0. The molecular formula is C16H24N2O2. The zero-order chi connectivity index (χ0) is 14.6. The minimum absolute atomic E-state index is 0.0704. The number of hydrogen-bond acceptors (Lipinski definition) is 3. The molecule has 0 aliphatic carbocycles. The van der Waals surface area contributed by atoms with Crippen LogP contribution in [0.25, 0.3) is 0 Å². The van der Waals surface area contributed by atoms with Gasteiger partial charge in [0.25, 0.3) is 0 Å². The van der Waals surface area contributed by atoms with Crippen LogP contribution >= 0.6 is 0 Å². The summed E-state index contributed by atoms with van der Waals surface area (Å²) < 4.78 is 5.35. The Balaban J connectivity index is 2.03. The fourth-order valence-electron chi connectivity index (χ4n) is 2.51. The van der Waals surface area contributed by atoms with Gasteiger partial charge in [-0.1, -0.05) is 30.3 Å². The molecule has 1 amide bonds. The van der Waals surface area contributed by atoms with E-state index < -0.39 is 5.60 Å². The molecule has 0 bridgehead atoms. The summed E-state index contributed by atoms with van der Waals surface area (Å²) in [5.41, 5.74) is 0.738. The van der Waals surface area contributed by atoms with Gasteiger partial charge in [0.1, 0.15) is 5.60 Å². The van der Waals surface area contributed by atoms with Gasteiger partial charge in [0.15, 0.2) is 0 Å². The second kappa shape index (κ2) is 6.27. The average molecular weight is 276 g/mol. The number of ether oxygens (including phenoxy) is 1. The first-order chi connectivity index (χ1) is 9.46. The fourth-order valence-corrected chi connectivity index (χ4v) is 2.51. The Kier molecular flexibility index (Phi) is 4.65. The molecule has 2 rings (SSSR count). The predicted molar refractivity (Wildman–Crippen MR) is 79.6 cm³/mol. The zero-order valence-electron chi connectivity index (χ0n) is 12.5. The number of carbonyl (C=O) groups excluding carboxylic acids is 1. The summed E-state index contributed by atoms with van der Waals surface area (Å²) in [6.07, 6.45) is 1.68. The van der Waals surface area contributed by atoms with Crippen LogP contribution in [0, 0.1) is 0 Å². The molecule has 1 heterocycles. The molecular weight excluding hydrogens is 252 g/mol. The Labute approximate surface area is 120 Å². The number of benzene rings is 1. The highest BCUT2D eigenvalue weighted by molar-refractivity contribution is 5.68. The largest absolute Gasteiger partial charge is 0.444 e. The number of alkyl carbamates (subject to hydrolysis) is 1. The van der Waals surface area contributed by atoms with E-state index in [1.165, 1.54) is 5.56 Å². The Morgan fingerprint density at radius 1 is 1.30 bits per heavy atom. The van der Waals surface area contributed by atoms with Crippen LogP contribution in [0.4, 0.5) is 4.79 Å². The van der Waals surface area contributed by atoms with Gasteiger partial charge in [0, 0.05) is 0 Å². The highest BCUT2D eigenvalue weighted by Gasteiger charge is 2.28. The van der Waals surface area contributed by atoms with Crippen LogP contribution in [0.1, 0.15) is 45.2 Å². The van der Waals surface area contributed by atoms with Crippen LogP contribution in [-0.4, -0.2) is 24.3 Å². The van der Waals surface area contributed by atoms with E-state index in [1.54, 1.807) is 0 Å². The van der Waals surface area contributed by atoms with Crippen molar-refractivity contribution >= 4 is 6.09 Å². The normalized spacial score (nSPS) is 23.1. The minimum atomic E-state index is -0.464. The van der Waals surface area contributed by atoms with Gasteiger partial charge in [-0.05, 0) is 45.7 Å². The van der Waals surface area contributed by atoms with E-state index in [-0.39, 0.29) is 18.2 Å². The van der Waals surface area contributed by atoms with Gasteiger partial charge < -0.3 is 15.4 Å². The Morgan fingerprint density at radius 3 is 2.65 bits per heavy atom. The smallest absolute Gasteiger partial charge is 0.407 e. The molecule has 1 aliphatic heterocycles. The van der Waals surface area contributed by atoms with Crippen LogP contribution in [0.2, 0.25) is 0 Å². The Hall–Kier alpha value is -1.55. The molecule has 20 heavy (non-hydrogen) atoms. The van der Waals surface area contributed by atoms with Gasteiger partial charge in [-0.25, -0.2) is 4.79 Å². The lowest BCUT2D eigenvalue weighted by Gasteiger charge is -2.34. The van der Waals surface area contributed by atoms with Crippen molar-refractivity contribution in [1.29, 1.82) is 0 Å². The fraction of sp³-hybridized carbons (Fsp3) is 0.562. The summed E-state index contributed by atoms with van der Waals surface area (Å²) in [5, 5.41) is 6.48. The van der Waals surface area contributed by atoms with Gasteiger partial charge in [-0.15, -0.1) is 0 Å². The lowest BCUT2D eigenvalue weighted by molar-refractivity contribution is 0.0481. The molecule has 1 aromatic rings. The third-order valence-corrected chi connectivity index (χ3v) is 3.32. The third kappa shape index (κ3) is 4.23. The first kappa shape index (κ1) is 14.9.